The molecule has 4 nitrogen and oxygen atoms in total. The molecule has 1 amide bonds. The Morgan fingerprint density at radius 3 is 3.00 bits per heavy atom. The molecule has 1 aromatic carbocycles. The van der Waals surface area contributed by atoms with Crippen molar-refractivity contribution in [3.05, 3.63) is 29.8 Å². The Morgan fingerprint density at radius 1 is 1.47 bits per heavy atom. The molecule has 2 rings (SSSR count). The number of hydrogen-bond donors (Lipinski definition) is 2. The molecule has 1 saturated heterocycles. The Balaban J connectivity index is 1.79. The minimum Gasteiger partial charge on any atom is -0.508 e. The van der Waals surface area contributed by atoms with E-state index in [1.807, 2.05) is 6.07 Å². The van der Waals surface area contributed by atoms with Gasteiger partial charge in [-0.15, -0.1) is 0 Å². The van der Waals surface area contributed by atoms with Crippen molar-refractivity contribution in [2.75, 3.05) is 19.8 Å². The number of carbonyl (C=O) groups excluding carboxylic acids is 1. The minimum absolute atomic E-state index is 0.0570. The van der Waals surface area contributed by atoms with Crippen LogP contribution < -0.4 is 5.32 Å². The maximum atomic E-state index is 11.7. The highest BCUT2D eigenvalue weighted by atomic mass is 16.5. The molecule has 0 bridgehead atoms. The molecular weight excluding hydrogens is 218 g/mol. The Labute approximate surface area is 101 Å². The van der Waals surface area contributed by atoms with Gasteiger partial charge in [-0.3, -0.25) is 4.79 Å². The molecule has 1 heterocycles. The topological polar surface area (TPSA) is 58.6 Å². The highest BCUT2D eigenvalue weighted by Gasteiger charge is 2.16. The van der Waals surface area contributed by atoms with E-state index in [1.54, 1.807) is 18.2 Å². The molecule has 1 fully saturated rings. The van der Waals surface area contributed by atoms with Crippen molar-refractivity contribution < 1.29 is 14.6 Å². The fourth-order valence-electron chi connectivity index (χ4n) is 1.90. The van der Waals surface area contributed by atoms with Crippen molar-refractivity contribution >= 4 is 5.91 Å². The third-order valence-corrected chi connectivity index (χ3v) is 2.95. The number of phenols is 1. The predicted molar refractivity (Wildman–Crippen MR) is 63.7 cm³/mol. The van der Waals surface area contributed by atoms with Crippen LogP contribution in [0.1, 0.15) is 12.0 Å². The van der Waals surface area contributed by atoms with Crippen LogP contribution in [0.15, 0.2) is 24.3 Å². The standard InChI is InChI=1S/C13H17NO3/c15-12-4-2-1-3-11(12)7-13(16)14-8-10-5-6-17-9-10/h1-4,10,15H,5-9H2,(H,14,16). The van der Waals surface area contributed by atoms with E-state index in [-0.39, 0.29) is 18.1 Å². The van der Waals surface area contributed by atoms with Gasteiger partial charge in [-0.25, -0.2) is 0 Å². The van der Waals surface area contributed by atoms with Crippen LogP contribution in [-0.4, -0.2) is 30.8 Å². The Bertz CT molecular complexity index is 386. The summed E-state index contributed by atoms with van der Waals surface area (Å²) in [6.07, 6.45) is 1.23. The molecule has 0 saturated carbocycles. The van der Waals surface area contributed by atoms with Crippen LogP contribution in [-0.2, 0) is 16.0 Å². The van der Waals surface area contributed by atoms with Gasteiger partial charge in [0.05, 0.1) is 13.0 Å². The second kappa shape index (κ2) is 5.68. The molecule has 1 aliphatic heterocycles. The minimum atomic E-state index is -0.0570. The summed E-state index contributed by atoms with van der Waals surface area (Å²) in [4.78, 5) is 11.7. The molecule has 17 heavy (non-hydrogen) atoms. The number of phenolic OH excluding ortho intramolecular Hbond substituents is 1. The normalized spacial score (nSPS) is 19.2. The Morgan fingerprint density at radius 2 is 2.29 bits per heavy atom. The zero-order valence-corrected chi connectivity index (χ0v) is 9.69. The average Bonchev–Trinajstić information content (AvgIpc) is 2.82. The van der Waals surface area contributed by atoms with Crippen LogP contribution in [0.4, 0.5) is 0 Å². The monoisotopic (exact) mass is 235 g/mol. The van der Waals surface area contributed by atoms with Crippen molar-refractivity contribution in [2.45, 2.75) is 12.8 Å². The van der Waals surface area contributed by atoms with E-state index in [9.17, 15) is 9.90 Å². The quantitative estimate of drug-likeness (QED) is 0.821. The average molecular weight is 235 g/mol. The lowest BCUT2D eigenvalue weighted by atomic mass is 10.1. The number of rotatable bonds is 4. The van der Waals surface area contributed by atoms with E-state index in [0.29, 0.717) is 18.0 Å². The van der Waals surface area contributed by atoms with Crippen molar-refractivity contribution in [2.24, 2.45) is 5.92 Å². The SMILES string of the molecule is O=C(Cc1ccccc1O)NCC1CCOC1. The second-order valence-corrected chi connectivity index (χ2v) is 4.34. The molecule has 0 aromatic heterocycles. The summed E-state index contributed by atoms with van der Waals surface area (Å²) in [5.41, 5.74) is 0.660. The molecule has 0 aliphatic carbocycles. The summed E-state index contributed by atoms with van der Waals surface area (Å²) in [5.74, 6) is 0.550. The Hall–Kier alpha value is -1.55. The molecule has 1 unspecified atom stereocenters. The first kappa shape index (κ1) is 11.9. The first-order valence-corrected chi connectivity index (χ1v) is 5.87. The van der Waals surface area contributed by atoms with Crippen LogP contribution in [0.2, 0.25) is 0 Å². The fraction of sp³-hybridized carbons (Fsp3) is 0.462. The summed E-state index contributed by atoms with van der Waals surface area (Å²) in [6.45, 7) is 2.18. The van der Waals surface area contributed by atoms with Gasteiger partial charge in [-0.05, 0) is 12.5 Å². The van der Waals surface area contributed by atoms with Gasteiger partial charge in [0.1, 0.15) is 5.75 Å². The zero-order chi connectivity index (χ0) is 12.1. The van der Waals surface area contributed by atoms with Crippen molar-refractivity contribution in [1.82, 2.24) is 5.32 Å². The largest absolute Gasteiger partial charge is 0.508 e. The van der Waals surface area contributed by atoms with Crippen LogP contribution in [0.25, 0.3) is 0 Å². The number of carbonyl (C=O) groups is 1. The smallest absolute Gasteiger partial charge is 0.224 e. The molecule has 1 aromatic rings. The van der Waals surface area contributed by atoms with Gasteiger partial charge >= 0.3 is 0 Å². The van der Waals surface area contributed by atoms with Crippen LogP contribution in [0.3, 0.4) is 0 Å². The molecule has 0 spiro atoms. The molecule has 4 heteroatoms. The molecule has 0 radical (unpaired) electrons. The van der Waals surface area contributed by atoms with E-state index in [0.717, 1.165) is 19.6 Å². The van der Waals surface area contributed by atoms with Crippen molar-refractivity contribution in [3.63, 3.8) is 0 Å². The van der Waals surface area contributed by atoms with E-state index >= 15 is 0 Å². The third kappa shape index (κ3) is 3.46. The van der Waals surface area contributed by atoms with Gasteiger partial charge in [0.25, 0.3) is 0 Å². The van der Waals surface area contributed by atoms with Gasteiger partial charge in [-0.2, -0.15) is 0 Å². The molecule has 1 aliphatic rings. The number of para-hydroxylation sites is 1. The third-order valence-electron chi connectivity index (χ3n) is 2.95. The highest BCUT2D eigenvalue weighted by molar-refractivity contribution is 5.79. The lowest BCUT2D eigenvalue weighted by molar-refractivity contribution is -0.120. The summed E-state index contributed by atoms with van der Waals surface area (Å²) >= 11 is 0. The van der Waals surface area contributed by atoms with Crippen LogP contribution >= 0.6 is 0 Å². The van der Waals surface area contributed by atoms with Crippen LogP contribution in [0.5, 0.6) is 5.75 Å². The molecule has 1 atom stereocenters. The lowest BCUT2D eigenvalue weighted by Crippen LogP contribution is -2.30. The maximum Gasteiger partial charge on any atom is 0.224 e. The van der Waals surface area contributed by atoms with Crippen LogP contribution in [0, 0.1) is 5.92 Å². The Kier molecular flexibility index (Phi) is 3.98. The van der Waals surface area contributed by atoms with E-state index in [4.69, 9.17) is 4.74 Å². The summed E-state index contributed by atoms with van der Waals surface area (Å²) in [7, 11) is 0. The summed E-state index contributed by atoms with van der Waals surface area (Å²) < 4.78 is 5.24. The maximum absolute atomic E-state index is 11.7. The second-order valence-electron chi connectivity index (χ2n) is 4.34. The van der Waals surface area contributed by atoms with E-state index in [2.05, 4.69) is 5.32 Å². The van der Waals surface area contributed by atoms with Crippen molar-refractivity contribution in [1.29, 1.82) is 0 Å². The van der Waals surface area contributed by atoms with Gasteiger partial charge in [0.15, 0.2) is 0 Å². The number of aromatic hydroxyl groups is 1. The van der Waals surface area contributed by atoms with Gasteiger partial charge < -0.3 is 15.2 Å². The molecular formula is C13H17NO3. The first-order valence-electron chi connectivity index (χ1n) is 5.87. The lowest BCUT2D eigenvalue weighted by Gasteiger charge is -2.10. The zero-order valence-electron chi connectivity index (χ0n) is 9.69. The van der Waals surface area contributed by atoms with Gasteiger partial charge in [-0.1, -0.05) is 18.2 Å². The number of amides is 1. The van der Waals surface area contributed by atoms with Gasteiger partial charge in [0, 0.05) is 24.6 Å². The van der Waals surface area contributed by atoms with Crippen molar-refractivity contribution in [3.8, 4) is 5.75 Å². The summed E-state index contributed by atoms with van der Waals surface area (Å²) in [6, 6.07) is 6.90. The molecule has 92 valence electrons. The van der Waals surface area contributed by atoms with E-state index < -0.39 is 0 Å². The number of benzene rings is 1. The summed E-state index contributed by atoms with van der Waals surface area (Å²) in [5, 5.41) is 12.4. The molecule has 2 N–H and O–H groups in total. The van der Waals surface area contributed by atoms with Gasteiger partial charge in [0.2, 0.25) is 5.91 Å². The first-order chi connectivity index (χ1) is 8.25. The number of hydrogen-bond acceptors (Lipinski definition) is 3. The number of nitrogens with one attached hydrogen (secondary N) is 1. The fourth-order valence-corrected chi connectivity index (χ4v) is 1.90. The predicted octanol–water partition coefficient (Wildman–Crippen LogP) is 1.09. The highest BCUT2D eigenvalue weighted by Crippen LogP contribution is 2.16. The number of ether oxygens (including phenoxy) is 1. The van der Waals surface area contributed by atoms with E-state index in [1.165, 1.54) is 0 Å².